The van der Waals surface area contributed by atoms with E-state index in [-0.39, 0.29) is 21.9 Å². The van der Waals surface area contributed by atoms with Crippen LogP contribution in [0, 0.1) is 0 Å². The molecule has 0 fully saturated rings. The van der Waals surface area contributed by atoms with Gasteiger partial charge < -0.3 is 21.1 Å². The van der Waals surface area contributed by atoms with Gasteiger partial charge >= 0.3 is 0 Å². The van der Waals surface area contributed by atoms with Crippen LogP contribution in [-0.4, -0.2) is 18.3 Å². The highest BCUT2D eigenvalue weighted by Gasteiger charge is 2.27. The third-order valence-electron chi connectivity index (χ3n) is 4.95. The first kappa shape index (κ1) is 23.4. The summed E-state index contributed by atoms with van der Waals surface area (Å²) in [7, 11) is 0. The fraction of sp³-hybridized carbons (Fsp3) is 0.0769. The van der Waals surface area contributed by atoms with Crippen molar-refractivity contribution in [1.29, 1.82) is 0 Å². The van der Waals surface area contributed by atoms with Gasteiger partial charge in [0.2, 0.25) is 5.78 Å². The molecule has 4 rings (SSSR count). The van der Waals surface area contributed by atoms with Crippen LogP contribution in [0.4, 0.5) is 22.1 Å². The Hall–Kier alpha value is -3.81. The monoisotopic (exact) mass is 491 g/mol. The molecule has 0 aliphatic heterocycles. The molecule has 0 aliphatic rings. The zero-order valence-corrected chi connectivity index (χ0v) is 19.9. The molecule has 8 heteroatoms. The van der Waals surface area contributed by atoms with Crippen molar-refractivity contribution in [2.24, 2.45) is 0 Å². The summed E-state index contributed by atoms with van der Waals surface area (Å²) < 4.78 is 5.70. The second kappa shape index (κ2) is 10.4. The molecule has 1 aromatic heterocycles. The van der Waals surface area contributed by atoms with Gasteiger partial charge in [0.05, 0.1) is 23.5 Å². The highest BCUT2D eigenvalue weighted by molar-refractivity contribution is 7.19. The van der Waals surface area contributed by atoms with Gasteiger partial charge in [-0.15, -0.1) is 11.3 Å². The minimum atomic E-state index is -0.425. The van der Waals surface area contributed by atoms with Crippen molar-refractivity contribution in [3.8, 4) is 5.75 Å². The number of hydrogen-bond donors (Lipinski definition) is 3. The normalized spacial score (nSPS) is 10.5. The van der Waals surface area contributed by atoms with Gasteiger partial charge in [-0.05, 0) is 55.5 Å². The maximum Gasteiger partial charge on any atom is 0.260 e. The average molecular weight is 492 g/mol. The van der Waals surface area contributed by atoms with Gasteiger partial charge in [-0.25, -0.2) is 0 Å². The number of anilines is 4. The molecular weight excluding hydrogens is 470 g/mol. The summed E-state index contributed by atoms with van der Waals surface area (Å²) in [6, 6.07) is 23.0. The van der Waals surface area contributed by atoms with Crippen LogP contribution in [0.3, 0.4) is 0 Å². The van der Waals surface area contributed by atoms with Crippen molar-refractivity contribution >= 4 is 56.7 Å². The molecule has 172 valence electrons. The van der Waals surface area contributed by atoms with Crippen LogP contribution in [0.1, 0.15) is 32.5 Å². The summed E-state index contributed by atoms with van der Waals surface area (Å²) in [5.41, 5.74) is 8.40. The molecule has 1 heterocycles. The summed E-state index contributed by atoms with van der Waals surface area (Å²) in [4.78, 5) is 26.8. The van der Waals surface area contributed by atoms with E-state index in [9.17, 15) is 9.59 Å². The van der Waals surface area contributed by atoms with Crippen molar-refractivity contribution < 1.29 is 14.3 Å². The molecule has 1 amide bonds. The first-order valence-electron chi connectivity index (χ1n) is 10.6. The molecule has 3 aromatic carbocycles. The van der Waals surface area contributed by atoms with E-state index in [2.05, 4.69) is 10.6 Å². The van der Waals surface area contributed by atoms with Gasteiger partial charge in [-0.3, -0.25) is 9.59 Å². The summed E-state index contributed by atoms with van der Waals surface area (Å²) in [5.74, 6) is -0.0949. The Kier molecular flexibility index (Phi) is 7.15. The minimum Gasteiger partial charge on any atom is -0.492 e. The number of nitrogens with one attached hydrogen (secondary N) is 2. The number of nitrogens with two attached hydrogens (primary N) is 1. The number of benzene rings is 3. The lowest BCUT2D eigenvalue weighted by atomic mass is 10.1. The maximum atomic E-state index is 13.3. The Balaban J connectivity index is 1.77. The fourth-order valence-corrected chi connectivity index (χ4v) is 4.57. The van der Waals surface area contributed by atoms with Crippen LogP contribution in [0.5, 0.6) is 5.75 Å². The molecule has 0 saturated carbocycles. The van der Waals surface area contributed by atoms with Crippen LogP contribution in [0.2, 0.25) is 5.02 Å². The van der Waals surface area contributed by atoms with Crippen LogP contribution >= 0.6 is 22.9 Å². The van der Waals surface area contributed by atoms with E-state index in [0.717, 1.165) is 11.3 Å². The average Bonchev–Trinajstić information content (AvgIpc) is 3.17. The number of nitrogen functional groups attached to an aromatic ring is 1. The number of carbonyl (C=O) groups is 2. The summed E-state index contributed by atoms with van der Waals surface area (Å²) in [6.07, 6.45) is 0. The summed E-state index contributed by atoms with van der Waals surface area (Å²) in [6.45, 7) is 2.37. The smallest absolute Gasteiger partial charge is 0.260 e. The number of hydrogen-bond acceptors (Lipinski definition) is 6. The number of rotatable bonds is 8. The molecule has 4 N–H and O–H groups in total. The number of ketones is 1. The van der Waals surface area contributed by atoms with E-state index >= 15 is 0 Å². The van der Waals surface area contributed by atoms with Crippen molar-refractivity contribution in [2.75, 3.05) is 23.0 Å². The molecule has 6 nitrogen and oxygen atoms in total. The van der Waals surface area contributed by atoms with Crippen molar-refractivity contribution in [1.82, 2.24) is 0 Å². The SMILES string of the molecule is CCOc1ccccc1Nc1sc(C(=O)c2ccc(Cl)cc2)c(N)c1C(=O)Nc1ccccc1. The third-order valence-corrected chi connectivity index (χ3v) is 6.32. The second-order valence-electron chi connectivity index (χ2n) is 7.26. The number of amides is 1. The van der Waals surface area contributed by atoms with Gasteiger partial charge in [0, 0.05) is 16.3 Å². The van der Waals surface area contributed by atoms with E-state index in [1.165, 1.54) is 0 Å². The summed E-state index contributed by atoms with van der Waals surface area (Å²) >= 11 is 7.08. The lowest BCUT2D eigenvalue weighted by molar-refractivity contribution is 0.102. The van der Waals surface area contributed by atoms with E-state index in [4.69, 9.17) is 22.1 Å². The zero-order valence-electron chi connectivity index (χ0n) is 18.3. The Morgan fingerprint density at radius 3 is 2.35 bits per heavy atom. The number of carbonyl (C=O) groups excluding carboxylic acids is 2. The first-order chi connectivity index (χ1) is 16.5. The first-order valence-corrected chi connectivity index (χ1v) is 11.7. The van der Waals surface area contributed by atoms with Gasteiger partial charge in [0.1, 0.15) is 15.6 Å². The van der Waals surface area contributed by atoms with Crippen molar-refractivity contribution in [3.63, 3.8) is 0 Å². The predicted molar refractivity (Wildman–Crippen MR) is 139 cm³/mol. The number of thiophene rings is 1. The zero-order chi connectivity index (χ0) is 24.1. The highest BCUT2D eigenvalue weighted by Crippen LogP contribution is 2.41. The summed E-state index contributed by atoms with van der Waals surface area (Å²) in [5, 5.41) is 7.06. The van der Waals surface area contributed by atoms with E-state index in [0.29, 0.717) is 39.3 Å². The van der Waals surface area contributed by atoms with Crippen LogP contribution in [0.15, 0.2) is 78.9 Å². The van der Waals surface area contributed by atoms with E-state index in [1.807, 2.05) is 49.4 Å². The molecular formula is C26H22ClN3O3S. The van der Waals surface area contributed by atoms with Crippen LogP contribution < -0.4 is 21.1 Å². The number of halogens is 1. The fourth-order valence-electron chi connectivity index (χ4n) is 3.35. The molecule has 0 aliphatic carbocycles. The van der Waals surface area contributed by atoms with Crippen LogP contribution in [-0.2, 0) is 0 Å². The molecule has 0 atom stereocenters. The lowest BCUT2D eigenvalue weighted by Gasteiger charge is -2.13. The predicted octanol–water partition coefficient (Wildman–Crippen LogP) is 6.61. The maximum absolute atomic E-state index is 13.3. The lowest BCUT2D eigenvalue weighted by Crippen LogP contribution is -2.15. The Morgan fingerprint density at radius 1 is 0.971 bits per heavy atom. The third kappa shape index (κ3) is 5.06. The molecule has 0 saturated heterocycles. The minimum absolute atomic E-state index is 0.106. The molecule has 34 heavy (non-hydrogen) atoms. The van der Waals surface area contributed by atoms with Gasteiger partial charge in [0.15, 0.2) is 0 Å². The molecule has 0 bridgehead atoms. The second-order valence-corrected chi connectivity index (χ2v) is 8.72. The topological polar surface area (TPSA) is 93.4 Å². The largest absolute Gasteiger partial charge is 0.492 e. The Morgan fingerprint density at radius 2 is 1.65 bits per heavy atom. The molecule has 0 radical (unpaired) electrons. The van der Waals surface area contributed by atoms with E-state index < -0.39 is 5.91 Å². The Bertz CT molecular complexity index is 1320. The highest BCUT2D eigenvalue weighted by atomic mass is 35.5. The quantitative estimate of drug-likeness (QED) is 0.241. The van der Waals surface area contributed by atoms with E-state index in [1.54, 1.807) is 36.4 Å². The standard InChI is InChI=1S/C26H22ClN3O3S/c1-2-33-20-11-7-6-10-19(20)30-26-21(25(32)29-18-8-4-3-5-9-18)22(28)24(34-26)23(31)16-12-14-17(27)15-13-16/h3-15,30H,2,28H2,1H3,(H,29,32). The van der Waals surface area contributed by atoms with Crippen molar-refractivity contribution in [2.45, 2.75) is 6.92 Å². The van der Waals surface area contributed by atoms with Gasteiger partial charge in [-0.2, -0.15) is 0 Å². The number of para-hydroxylation sites is 3. The molecule has 0 unspecified atom stereocenters. The Labute approximate surface area is 206 Å². The van der Waals surface area contributed by atoms with Gasteiger partial charge in [-0.1, -0.05) is 41.9 Å². The van der Waals surface area contributed by atoms with Crippen LogP contribution in [0.25, 0.3) is 0 Å². The van der Waals surface area contributed by atoms with Crippen molar-refractivity contribution in [3.05, 3.63) is 99.9 Å². The molecule has 0 spiro atoms. The number of ether oxygens (including phenoxy) is 1. The molecule has 4 aromatic rings. The van der Waals surface area contributed by atoms with Gasteiger partial charge in [0.25, 0.3) is 5.91 Å².